The zero-order chi connectivity index (χ0) is 11.9. The van der Waals surface area contributed by atoms with E-state index in [1.54, 1.807) is 11.3 Å². The largest absolute Gasteiger partial charge is 0.312 e. The van der Waals surface area contributed by atoms with E-state index in [2.05, 4.69) is 10.2 Å². The minimum atomic E-state index is 0.901. The van der Waals surface area contributed by atoms with E-state index in [9.17, 15) is 0 Å². The lowest BCUT2D eigenvalue weighted by Crippen LogP contribution is -2.32. The smallest absolute Gasteiger partial charge is 0.0558 e. The highest BCUT2D eigenvalue weighted by Crippen LogP contribution is 2.21. The fourth-order valence-electron chi connectivity index (χ4n) is 2.26. The standard InChI is InChI=1S/C13H21ClN2S/c14-12-5-10-17-13(12)11-15-6-4-9-16-7-2-1-3-8-16/h5,10,15H,1-4,6-9,11H2. The molecule has 0 saturated carbocycles. The lowest BCUT2D eigenvalue weighted by molar-refractivity contribution is 0.226. The van der Waals surface area contributed by atoms with E-state index in [1.807, 2.05) is 11.4 Å². The van der Waals surface area contributed by atoms with E-state index >= 15 is 0 Å². The first-order valence-electron chi connectivity index (χ1n) is 6.51. The van der Waals surface area contributed by atoms with Gasteiger partial charge in [0.1, 0.15) is 0 Å². The fraction of sp³-hybridized carbons (Fsp3) is 0.692. The Kier molecular flexibility index (Phi) is 5.78. The van der Waals surface area contributed by atoms with Crippen molar-refractivity contribution in [2.45, 2.75) is 32.2 Å². The Bertz CT molecular complexity index is 321. The highest BCUT2D eigenvalue weighted by Gasteiger charge is 2.08. The Morgan fingerprint density at radius 2 is 2.12 bits per heavy atom. The van der Waals surface area contributed by atoms with Gasteiger partial charge >= 0.3 is 0 Å². The van der Waals surface area contributed by atoms with Gasteiger partial charge in [-0.1, -0.05) is 18.0 Å². The number of thiophene rings is 1. The van der Waals surface area contributed by atoms with Gasteiger partial charge in [-0.15, -0.1) is 11.3 Å². The van der Waals surface area contributed by atoms with Gasteiger partial charge in [-0.25, -0.2) is 0 Å². The van der Waals surface area contributed by atoms with Crippen LogP contribution in [0.2, 0.25) is 5.02 Å². The van der Waals surface area contributed by atoms with Gasteiger partial charge in [-0.2, -0.15) is 0 Å². The minimum absolute atomic E-state index is 0.901. The summed E-state index contributed by atoms with van der Waals surface area (Å²) in [5, 5.41) is 6.42. The van der Waals surface area contributed by atoms with E-state index in [0.717, 1.165) is 18.1 Å². The molecule has 1 aliphatic heterocycles. The fourth-order valence-corrected chi connectivity index (χ4v) is 3.34. The molecule has 1 fully saturated rings. The monoisotopic (exact) mass is 272 g/mol. The van der Waals surface area contributed by atoms with Gasteiger partial charge < -0.3 is 10.2 Å². The van der Waals surface area contributed by atoms with Crippen molar-refractivity contribution in [1.29, 1.82) is 0 Å². The number of nitrogens with zero attached hydrogens (tertiary/aromatic N) is 1. The number of hydrogen-bond acceptors (Lipinski definition) is 3. The first-order valence-corrected chi connectivity index (χ1v) is 7.77. The van der Waals surface area contributed by atoms with Gasteiger partial charge in [-0.05, 0) is 56.9 Å². The first kappa shape index (κ1) is 13.3. The van der Waals surface area contributed by atoms with Crippen LogP contribution in [0.3, 0.4) is 0 Å². The molecule has 2 nitrogen and oxygen atoms in total. The van der Waals surface area contributed by atoms with Gasteiger partial charge in [-0.3, -0.25) is 0 Å². The number of rotatable bonds is 6. The lowest BCUT2D eigenvalue weighted by atomic mass is 10.1. The molecule has 96 valence electrons. The molecule has 0 bridgehead atoms. The van der Waals surface area contributed by atoms with Gasteiger partial charge in [0, 0.05) is 11.4 Å². The Balaban J connectivity index is 1.53. The van der Waals surface area contributed by atoms with Crippen LogP contribution in [0, 0.1) is 0 Å². The molecule has 0 radical (unpaired) electrons. The van der Waals surface area contributed by atoms with Crippen molar-refractivity contribution in [3.63, 3.8) is 0 Å². The molecule has 1 saturated heterocycles. The maximum absolute atomic E-state index is 6.04. The van der Waals surface area contributed by atoms with Crippen molar-refractivity contribution in [3.05, 3.63) is 21.3 Å². The van der Waals surface area contributed by atoms with Crippen molar-refractivity contribution >= 4 is 22.9 Å². The van der Waals surface area contributed by atoms with Gasteiger partial charge in [0.25, 0.3) is 0 Å². The molecule has 2 heterocycles. The molecule has 2 rings (SSSR count). The summed E-state index contributed by atoms with van der Waals surface area (Å²) >= 11 is 7.77. The maximum Gasteiger partial charge on any atom is 0.0558 e. The van der Waals surface area contributed by atoms with E-state index in [1.165, 1.54) is 50.2 Å². The number of halogens is 1. The summed E-state index contributed by atoms with van der Waals surface area (Å²) in [5.74, 6) is 0. The molecule has 1 aromatic rings. The highest BCUT2D eigenvalue weighted by atomic mass is 35.5. The second kappa shape index (κ2) is 7.37. The van der Waals surface area contributed by atoms with Crippen LogP contribution < -0.4 is 5.32 Å². The number of hydrogen-bond donors (Lipinski definition) is 1. The third-order valence-electron chi connectivity index (χ3n) is 3.25. The third kappa shape index (κ3) is 4.59. The van der Waals surface area contributed by atoms with Crippen LogP contribution >= 0.6 is 22.9 Å². The Labute approximate surface area is 113 Å². The number of nitrogens with one attached hydrogen (secondary N) is 1. The molecule has 0 spiro atoms. The van der Waals surface area contributed by atoms with Crippen LogP contribution in [0.5, 0.6) is 0 Å². The van der Waals surface area contributed by atoms with Crippen LogP contribution in [0.25, 0.3) is 0 Å². The summed E-state index contributed by atoms with van der Waals surface area (Å²) < 4.78 is 0. The van der Waals surface area contributed by atoms with Crippen molar-refractivity contribution in [3.8, 4) is 0 Å². The molecule has 1 N–H and O–H groups in total. The molecule has 0 aromatic carbocycles. The molecule has 0 aliphatic carbocycles. The van der Waals surface area contributed by atoms with E-state index in [-0.39, 0.29) is 0 Å². The Hall–Kier alpha value is -0.0900. The quantitative estimate of drug-likeness (QED) is 0.799. The number of likely N-dealkylation sites (tertiary alicyclic amines) is 1. The molecule has 1 aromatic heterocycles. The summed E-state index contributed by atoms with van der Waals surface area (Å²) in [5.41, 5.74) is 0. The lowest BCUT2D eigenvalue weighted by Gasteiger charge is -2.26. The Morgan fingerprint density at radius 3 is 2.82 bits per heavy atom. The molecule has 0 atom stereocenters. The average molecular weight is 273 g/mol. The molecule has 0 amide bonds. The summed E-state index contributed by atoms with van der Waals surface area (Å²) in [6, 6.07) is 1.97. The summed E-state index contributed by atoms with van der Waals surface area (Å²) in [6.45, 7) is 5.85. The maximum atomic E-state index is 6.04. The number of piperidine rings is 1. The van der Waals surface area contributed by atoms with Crippen molar-refractivity contribution in [1.82, 2.24) is 10.2 Å². The van der Waals surface area contributed by atoms with Crippen LogP contribution in [0.4, 0.5) is 0 Å². The van der Waals surface area contributed by atoms with E-state index < -0.39 is 0 Å². The van der Waals surface area contributed by atoms with E-state index in [4.69, 9.17) is 11.6 Å². The molecule has 0 unspecified atom stereocenters. The van der Waals surface area contributed by atoms with Crippen molar-refractivity contribution < 1.29 is 0 Å². The SMILES string of the molecule is Clc1ccsc1CNCCCN1CCCCC1. The molecular weight excluding hydrogens is 252 g/mol. The summed E-state index contributed by atoms with van der Waals surface area (Å²) in [7, 11) is 0. The van der Waals surface area contributed by atoms with Crippen molar-refractivity contribution in [2.24, 2.45) is 0 Å². The second-order valence-electron chi connectivity index (χ2n) is 4.62. The highest BCUT2D eigenvalue weighted by molar-refractivity contribution is 7.10. The second-order valence-corrected chi connectivity index (χ2v) is 6.03. The van der Waals surface area contributed by atoms with Crippen LogP contribution in [0.1, 0.15) is 30.6 Å². The van der Waals surface area contributed by atoms with Gasteiger partial charge in [0.2, 0.25) is 0 Å². The molecule has 17 heavy (non-hydrogen) atoms. The topological polar surface area (TPSA) is 15.3 Å². The van der Waals surface area contributed by atoms with Crippen LogP contribution in [-0.4, -0.2) is 31.1 Å². The van der Waals surface area contributed by atoms with Crippen LogP contribution in [0.15, 0.2) is 11.4 Å². The minimum Gasteiger partial charge on any atom is -0.312 e. The summed E-state index contributed by atoms with van der Waals surface area (Å²) in [6.07, 6.45) is 5.44. The van der Waals surface area contributed by atoms with Crippen molar-refractivity contribution in [2.75, 3.05) is 26.2 Å². The average Bonchev–Trinajstić information content (AvgIpc) is 2.76. The molecule has 4 heteroatoms. The molecular formula is C13H21ClN2S. The van der Waals surface area contributed by atoms with Crippen LogP contribution in [-0.2, 0) is 6.54 Å². The zero-order valence-corrected chi connectivity index (χ0v) is 11.8. The predicted molar refractivity (Wildman–Crippen MR) is 75.9 cm³/mol. The van der Waals surface area contributed by atoms with Gasteiger partial charge in [0.05, 0.1) is 5.02 Å². The summed E-state index contributed by atoms with van der Waals surface area (Å²) in [4.78, 5) is 3.84. The first-order chi connectivity index (χ1) is 8.36. The molecule has 1 aliphatic rings. The van der Waals surface area contributed by atoms with Gasteiger partial charge in [0.15, 0.2) is 0 Å². The predicted octanol–water partition coefficient (Wildman–Crippen LogP) is 3.37. The normalized spacial score (nSPS) is 17.5. The third-order valence-corrected chi connectivity index (χ3v) is 4.64. The Morgan fingerprint density at radius 1 is 1.29 bits per heavy atom. The van der Waals surface area contributed by atoms with E-state index in [0.29, 0.717) is 0 Å². The zero-order valence-electron chi connectivity index (χ0n) is 10.3.